The molecule has 0 unspecified atom stereocenters. The van der Waals surface area contributed by atoms with Crippen molar-refractivity contribution in [2.24, 2.45) is 0 Å². The van der Waals surface area contributed by atoms with E-state index in [2.05, 4.69) is 26.0 Å². The molecular formula is C22H21FN6O2. The highest BCUT2D eigenvalue weighted by Gasteiger charge is 2.13. The summed E-state index contributed by atoms with van der Waals surface area (Å²) in [4.78, 5) is 16.6. The molecular weight excluding hydrogens is 399 g/mol. The van der Waals surface area contributed by atoms with E-state index in [1.165, 1.54) is 12.1 Å². The average Bonchev–Trinajstić information content (AvgIpc) is 3.14. The Kier molecular flexibility index (Phi) is 5.65. The lowest BCUT2D eigenvalue weighted by Crippen LogP contribution is -2.33. The molecule has 0 aliphatic carbocycles. The van der Waals surface area contributed by atoms with Gasteiger partial charge in [0.1, 0.15) is 17.4 Å². The summed E-state index contributed by atoms with van der Waals surface area (Å²) in [6.45, 7) is 2.58. The average molecular weight is 420 g/mol. The Bertz CT molecular complexity index is 1240. The molecule has 0 saturated carbocycles. The Labute approximate surface area is 177 Å². The highest BCUT2D eigenvalue weighted by Crippen LogP contribution is 2.29. The van der Waals surface area contributed by atoms with Crippen LogP contribution in [0.4, 0.5) is 20.7 Å². The maximum atomic E-state index is 13.6. The van der Waals surface area contributed by atoms with Crippen LogP contribution in [0.25, 0.3) is 16.9 Å². The minimum atomic E-state index is -0.503. The van der Waals surface area contributed by atoms with Crippen LogP contribution in [0, 0.1) is 12.7 Å². The van der Waals surface area contributed by atoms with Gasteiger partial charge in [0, 0.05) is 30.3 Å². The van der Waals surface area contributed by atoms with Gasteiger partial charge in [0.25, 0.3) is 0 Å². The summed E-state index contributed by atoms with van der Waals surface area (Å²) in [5, 5.41) is 22.9. The zero-order chi connectivity index (χ0) is 21.8. The van der Waals surface area contributed by atoms with Gasteiger partial charge < -0.3 is 21.1 Å². The molecule has 158 valence electrons. The molecule has 4 aromatic rings. The first-order valence-electron chi connectivity index (χ1n) is 9.70. The first kappa shape index (κ1) is 20.1. The van der Waals surface area contributed by atoms with Crippen LogP contribution in [-0.2, 0) is 0 Å². The Hall–Kier alpha value is -4.14. The molecule has 0 radical (unpaired) electrons. The van der Waals surface area contributed by atoms with Crippen LogP contribution in [0.3, 0.4) is 0 Å². The van der Waals surface area contributed by atoms with Crippen molar-refractivity contribution in [1.82, 2.24) is 19.9 Å². The molecule has 0 saturated heterocycles. The van der Waals surface area contributed by atoms with Crippen molar-refractivity contribution in [1.29, 1.82) is 0 Å². The summed E-state index contributed by atoms with van der Waals surface area (Å²) in [6, 6.07) is 14.2. The lowest BCUT2D eigenvalue weighted by atomic mass is 10.1. The number of hydrogen-bond acceptors (Lipinski definition) is 5. The lowest BCUT2D eigenvalue weighted by Gasteiger charge is -2.12. The normalized spacial score (nSPS) is 10.8. The number of benzene rings is 2. The van der Waals surface area contributed by atoms with Crippen LogP contribution in [0.2, 0.25) is 0 Å². The third-order valence-corrected chi connectivity index (χ3v) is 4.67. The number of hydrogen-bond donors (Lipinski definition) is 4. The summed E-state index contributed by atoms with van der Waals surface area (Å²) >= 11 is 0. The number of phenols is 1. The number of carbonyl (C=O) groups excluding carboxylic acids is 1. The van der Waals surface area contributed by atoms with Crippen molar-refractivity contribution in [3.63, 3.8) is 0 Å². The van der Waals surface area contributed by atoms with Crippen LogP contribution in [0.5, 0.6) is 5.75 Å². The maximum Gasteiger partial charge on any atom is 0.319 e. The van der Waals surface area contributed by atoms with Crippen molar-refractivity contribution < 1.29 is 14.3 Å². The van der Waals surface area contributed by atoms with E-state index in [4.69, 9.17) is 0 Å². The monoisotopic (exact) mass is 420 g/mol. The highest BCUT2D eigenvalue weighted by atomic mass is 19.1. The van der Waals surface area contributed by atoms with Gasteiger partial charge in [-0.3, -0.25) is 0 Å². The van der Waals surface area contributed by atoms with Gasteiger partial charge in [-0.2, -0.15) is 9.61 Å². The number of halogens is 1. The number of nitrogens with one attached hydrogen (secondary N) is 3. The van der Waals surface area contributed by atoms with E-state index in [0.717, 1.165) is 5.56 Å². The van der Waals surface area contributed by atoms with E-state index in [0.29, 0.717) is 29.3 Å². The van der Waals surface area contributed by atoms with Gasteiger partial charge in [0.2, 0.25) is 0 Å². The van der Waals surface area contributed by atoms with Crippen LogP contribution in [-0.4, -0.2) is 38.8 Å². The zero-order valence-corrected chi connectivity index (χ0v) is 16.8. The van der Waals surface area contributed by atoms with Crippen molar-refractivity contribution in [2.45, 2.75) is 6.92 Å². The summed E-state index contributed by atoms with van der Waals surface area (Å²) < 4.78 is 15.3. The predicted molar refractivity (Wildman–Crippen MR) is 117 cm³/mol. The number of para-hydroxylation sites is 2. The Balaban J connectivity index is 1.45. The smallest absolute Gasteiger partial charge is 0.319 e. The molecule has 2 amide bonds. The van der Waals surface area contributed by atoms with Crippen molar-refractivity contribution in [3.8, 4) is 17.0 Å². The second-order valence-corrected chi connectivity index (χ2v) is 6.89. The molecule has 4 N–H and O–H groups in total. The molecule has 2 aromatic carbocycles. The van der Waals surface area contributed by atoms with Gasteiger partial charge in [0.15, 0.2) is 5.65 Å². The number of phenolic OH excluding ortho intramolecular Hbond substituents is 1. The Morgan fingerprint density at radius 3 is 2.71 bits per heavy atom. The fourth-order valence-electron chi connectivity index (χ4n) is 3.12. The molecule has 8 nitrogen and oxygen atoms in total. The van der Waals surface area contributed by atoms with Gasteiger partial charge >= 0.3 is 6.03 Å². The Morgan fingerprint density at radius 1 is 1.13 bits per heavy atom. The molecule has 0 fully saturated rings. The standard InChI is InChI=1S/C22H21FN6O2/c1-14-13-26-29-20(12-18(27-21(14)29)15-6-2-5-9-19(15)30)24-10-11-25-22(31)28-17-8-4-3-7-16(17)23/h2-9,12-13,24,30H,10-11H2,1H3,(H2,25,28,31). The van der Waals surface area contributed by atoms with E-state index in [1.807, 2.05) is 13.0 Å². The number of aromatic hydroxyl groups is 1. The number of urea groups is 1. The third kappa shape index (κ3) is 4.40. The fourth-order valence-corrected chi connectivity index (χ4v) is 3.12. The topological polar surface area (TPSA) is 104 Å². The van der Waals surface area contributed by atoms with Gasteiger partial charge in [-0.15, -0.1) is 0 Å². The van der Waals surface area contributed by atoms with Crippen molar-refractivity contribution in [2.75, 3.05) is 23.7 Å². The predicted octanol–water partition coefficient (Wildman–Crippen LogP) is 3.78. The summed E-state index contributed by atoms with van der Waals surface area (Å²) in [5.41, 5.74) is 2.87. The van der Waals surface area contributed by atoms with Crippen LogP contribution >= 0.6 is 0 Å². The van der Waals surface area contributed by atoms with Crippen LogP contribution in [0.15, 0.2) is 60.8 Å². The third-order valence-electron chi connectivity index (χ3n) is 4.67. The Morgan fingerprint density at radius 2 is 1.90 bits per heavy atom. The maximum absolute atomic E-state index is 13.6. The molecule has 0 atom stereocenters. The molecule has 0 spiro atoms. The summed E-state index contributed by atoms with van der Waals surface area (Å²) in [5.74, 6) is 0.294. The van der Waals surface area contributed by atoms with Crippen LogP contribution < -0.4 is 16.0 Å². The molecule has 0 bridgehead atoms. The van der Waals surface area contributed by atoms with E-state index in [-0.39, 0.29) is 18.0 Å². The quantitative estimate of drug-likeness (QED) is 0.356. The van der Waals surface area contributed by atoms with E-state index in [9.17, 15) is 14.3 Å². The summed E-state index contributed by atoms with van der Waals surface area (Å²) in [6.07, 6.45) is 1.71. The van der Waals surface area contributed by atoms with Crippen molar-refractivity contribution >= 4 is 23.2 Å². The zero-order valence-electron chi connectivity index (χ0n) is 16.8. The lowest BCUT2D eigenvalue weighted by molar-refractivity contribution is 0.252. The second kappa shape index (κ2) is 8.70. The van der Waals surface area contributed by atoms with E-state index < -0.39 is 11.8 Å². The number of carbonyl (C=O) groups is 1. The fraction of sp³-hybridized carbons (Fsp3) is 0.136. The number of anilines is 2. The number of amides is 2. The van der Waals surface area contributed by atoms with E-state index in [1.54, 1.807) is 47.1 Å². The van der Waals surface area contributed by atoms with E-state index >= 15 is 0 Å². The minimum Gasteiger partial charge on any atom is -0.507 e. The molecule has 9 heteroatoms. The summed E-state index contributed by atoms with van der Waals surface area (Å²) in [7, 11) is 0. The van der Waals surface area contributed by atoms with Crippen LogP contribution in [0.1, 0.15) is 5.56 Å². The molecule has 31 heavy (non-hydrogen) atoms. The highest BCUT2D eigenvalue weighted by molar-refractivity contribution is 5.89. The largest absolute Gasteiger partial charge is 0.507 e. The molecule has 0 aliphatic heterocycles. The number of aryl methyl sites for hydroxylation is 1. The van der Waals surface area contributed by atoms with Gasteiger partial charge in [0.05, 0.1) is 17.6 Å². The number of rotatable bonds is 6. The number of aromatic nitrogens is 3. The van der Waals surface area contributed by atoms with Gasteiger partial charge in [-0.25, -0.2) is 14.2 Å². The first-order chi connectivity index (χ1) is 15.0. The molecule has 2 heterocycles. The van der Waals surface area contributed by atoms with Gasteiger partial charge in [-0.1, -0.05) is 24.3 Å². The number of fused-ring (bicyclic) bond motifs is 1. The molecule has 0 aliphatic rings. The van der Waals surface area contributed by atoms with Crippen molar-refractivity contribution in [3.05, 3.63) is 72.2 Å². The molecule has 4 rings (SSSR count). The first-order valence-corrected chi connectivity index (χ1v) is 9.70. The molecule has 2 aromatic heterocycles. The number of nitrogens with zero attached hydrogens (tertiary/aromatic N) is 3. The van der Waals surface area contributed by atoms with Gasteiger partial charge in [-0.05, 0) is 31.2 Å². The second-order valence-electron chi connectivity index (χ2n) is 6.89. The SMILES string of the molecule is Cc1cnn2c(NCCNC(=O)Nc3ccccc3F)cc(-c3ccccc3O)nc12. The minimum absolute atomic E-state index is 0.114.